The molecule has 3 rings (SSSR count). The summed E-state index contributed by atoms with van der Waals surface area (Å²) in [5, 5.41) is 4.11. The molecule has 10 heteroatoms. The molecule has 0 saturated carbocycles. The molecule has 1 aromatic heterocycles. The van der Waals surface area contributed by atoms with Crippen LogP contribution < -0.4 is 5.56 Å². The Balaban J connectivity index is 1.63. The van der Waals surface area contributed by atoms with Gasteiger partial charge in [0, 0.05) is 44.4 Å². The number of piperazine rings is 1. The predicted octanol–water partition coefficient (Wildman–Crippen LogP) is 2.27. The first kappa shape index (κ1) is 21.5. The van der Waals surface area contributed by atoms with Gasteiger partial charge in [-0.3, -0.25) is 14.4 Å². The van der Waals surface area contributed by atoms with Gasteiger partial charge in [-0.1, -0.05) is 6.92 Å². The Hall–Kier alpha value is -3.17. The van der Waals surface area contributed by atoms with Gasteiger partial charge in [-0.15, -0.1) is 0 Å². The maximum Gasteiger partial charge on any atom is 0.416 e. The molecule has 2 heterocycles. The molecule has 0 radical (unpaired) electrons. The number of amides is 2. The Morgan fingerprint density at radius 1 is 0.933 bits per heavy atom. The van der Waals surface area contributed by atoms with Gasteiger partial charge >= 0.3 is 6.18 Å². The zero-order chi connectivity index (χ0) is 21.9. The molecular weight excluding hydrogens is 401 g/mol. The van der Waals surface area contributed by atoms with Crippen molar-refractivity contribution in [1.29, 1.82) is 0 Å². The lowest BCUT2D eigenvalue weighted by molar-refractivity contribution is -0.137. The number of benzene rings is 1. The fraction of sp³-hybridized carbons (Fsp3) is 0.400. The number of carbonyl (C=O) groups is 2. The quantitative estimate of drug-likeness (QED) is 0.758. The van der Waals surface area contributed by atoms with Crippen molar-refractivity contribution in [3.63, 3.8) is 0 Å². The van der Waals surface area contributed by atoms with Crippen LogP contribution >= 0.6 is 0 Å². The first-order chi connectivity index (χ1) is 14.2. The van der Waals surface area contributed by atoms with Crippen LogP contribution in [0, 0.1) is 0 Å². The second-order valence-corrected chi connectivity index (χ2v) is 6.94. The summed E-state index contributed by atoms with van der Waals surface area (Å²) in [6.07, 6.45) is -3.75. The van der Waals surface area contributed by atoms with E-state index in [1.165, 1.54) is 21.7 Å². The van der Waals surface area contributed by atoms with E-state index in [0.717, 1.165) is 24.3 Å². The normalized spacial score (nSPS) is 14.7. The minimum atomic E-state index is -4.46. The second kappa shape index (κ2) is 8.68. The van der Waals surface area contributed by atoms with Gasteiger partial charge in [0.05, 0.1) is 5.56 Å². The topological polar surface area (TPSA) is 75.5 Å². The van der Waals surface area contributed by atoms with E-state index in [1.807, 2.05) is 6.92 Å². The third kappa shape index (κ3) is 4.69. The van der Waals surface area contributed by atoms with Crippen LogP contribution in [0.5, 0.6) is 0 Å². The van der Waals surface area contributed by atoms with Crippen LogP contribution in [0.25, 0.3) is 0 Å². The number of rotatable bonds is 4. The van der Waals surface area contributed by atoms with Crippen LogP contribution in [0.1, 0.15) is 39.8 Å². The number of aromatic nitrogens is 2. The van der Waals surface area contributed by atoms with E-state index in [9.17, 15) is 27.6 Å². The number of hydrogen-bond donors (Lipinski definition) is 0. The largest absolute Gasteiger partial charge is 0.416 e. The van der Waals surface area contributed by atoms with Crippen LogP contribution in [0.3, 0.4) is 0 Å². The van der Waals surface area contributed by atoms with E-state index >= 15 is 0 Å². The zero-order valence-electron chi connectivity index (χ0n) is 16.4. The summed E-state index contributed by atoms with van der Waals surface area (Å²) in [6, 6.07) is 6.76. The van der Waals surface area contributed by atoms with Crippen molar-refractivity contribution in [2.75, 3.05) is 26.2 Å². The SMILES string of the molecule is CCCn1nc(C(=O)N2CCN(C(=O)c3ccc(C(F)(F)F)cc3)CC2)ccc1=O. The standard InChI is InChI=1S/C20H21F3N4O3/c1-2-9-27-17(28)8-7-16(24-27)19(30)26-12-10-25(11-13-26)18(29)14-3-5-15(6-4-14)20(21,22)23/h3-8H,2,9-13H2,1H3. The number of carbonyl (C=O) groups excluding carboxylic acids is 2. The second-order valence-electron chi connectivity index (χ2n) is 6.94. The highest BCUT2D eigenvalue weighted by Crippen LogP contribution is 2.29. The lowest BCUT2D eigenvalue weighted by Crippen LogP contribution is -2.51. The van der Waals surface area contributed by atoms with Gasteiger partial charge in [0.15, 0.2) is 0 Å². The minimum absolute atomic E-state index is 0.158. The summed E-state index contributed by atoms with van der Waals surface area (Å²) >= 11 is 0. The highest BCUT2D eigenvalue weighted by Gasteiger charge is 2.31. The smallest absolute Gasteiger partial charge is 0.335 e. The van der Waals surface area contributed by atoms with Crippen LogP contribution in [0.2, 0.25) is 0 Å². The van der Waals surface area contributed by atoms with Gasteiger partial charge in [0.25, 0.3) is 17.4 Å². The minimum Gasteiger partial charge on any atom is -0.335 e. The average Bonchev–Trinajstić information content (AvgIpc) is 2.74. The van der Waals surface area contributed by atoms with E-state index < -0.39 is 11.7 Å². The molecule has 1 saturated heterocycles. The summed E-state index contributed by atoms with van der Waals surface area (Å²) in [4.78, 5) is 40.0. The van der Waals surface area contributed by atoms with Crippen LogP contribution in [0.4, 0.5) is 13.2 Å². The third-order valence-electron chi connectivity index (χ3n) is 4.83. The molecule has 1 aliphatic heterocycles. The summed E-state index contributed by atoms with van der Waals surface area (Å²) in [7, 11) is 0. The molecular formula is C20H21F3N4O3. The van der Waals surface area contributed by atoms with Gasteiger partial charge in [-0.05, 0) is 36.8 Å². The molecule has 0 aliphatic carbocycles. The molecule has 160 valence electrons. The van der Waals surface area contributed by atoms with Crippen molar-refractivity contribution >= 4 is 11.8 Å². The van der Waals surface area contributed by atoms with Crippen LogP contribution in [0.15, 0.2) is 41.2 Å². The first-order valence-electron chi connectivity index (χ1n) is 9.54. The zero-order valence-corrected chi connectivity index (χ0v) is 16.4. The molecule has 2 aromatic rings. The third-order valence-corrected chi connectivity index (χ3v) is 4.83. The molecule has 1 aliphatic rings. The molecule has 0 N–H and O–H groups in total. The van der Waals surface area contributed by atoms with E-state index in [0.29, 0.717) is 13.0 Å². The maximum atomic E-state index is 12.7. The van der Waals surface area contributed by atoms with Crippen molar-refractivity contribution in [1.82, 2.24) is 19.6 Å². The van der Waals surface area contributed by atoms with Gasteiger partial charge in [-0.2, -0.15) is 18.3 Å². The van der Waals surface area contributed by atoms with E-state index in [1.54, 1.807) is 4.90 Å². The van der Waals surface area contributed by atoms with Crippen molar-refractivity contribution in [3.8, 4) is 0 Å². The number of aryl methyl sites for hydroxylation is 1. The van der Waals surface area contributed by atoms with Crippen molar-refractivity contribution < 1.29 is 22.8 Å². The number of halogens is 3. The fourth-order valence-electron chi connectivity index (χ4n) is 3.19. The summed E-state index contributed by atoms with van der Waals surface area (Å²) in [5.41, 5.74) is -0.770. The fourth-order valence-corrected chi connectivity index (χ4v) is 3.19. The molecule has 1 fully saturated rings. The molecule has 0 atom stereocenters. The summed E-state index contributed by atoms with van der Waals surface area (Å²) < 4.78 is 39.2. The van der Waals surface area contributed by atoms with Crippen molar-refractivity contribution in [2.45, 2.75) is 26.1 Å². The molecule has 0 bridgehead atoms. The molecule has 7 nitrogen and oxygen atoms in total. The van der Waals surface area contributed by atoms with Gasteiger partial charge in [0.2, 0.25) is 0 Å². The summed E-state index contributed by atoms with van der Waals surface area (Å²) in [6.45, 7) is 3.34. The monoisotopic (exact) mass is 422 g/mol. The van der Waals surface area contributed by atoms with Gasteiger partial charge in [0.1, 0.15) is 5.69 Å². The van der Waals surface area contributed by atoms with E-state index in [2.05, 4.69) is 5.10 Å². The lowest BCUT2D eigenvalue weighted by Gasteiger charge is -2.34. The Kier molecular flexibility index (Phi) is 6.23. The van der Waals surface area contributed by atoms with Crippen molar-refractivity contribution in [2.24, 2.45) is 0 Å². The average molecular weight is 422 g/mol. The molecule has 0 spiro atoms. The summed E-state index contributed by atoms with van der Waals surface area (Å²) in [5.74, 6) is -0.716. The Morgan fingerprint density at radius 2 is 1.50 bits per heavy atom. The van der Waals surface area contributed by atoms with E-state index in [-0.39, 0.29) is 54.8 Å². The van der Waals surface area contributed by atoms with E-state index in [4.69, 9.17) is 0 Å². The Labute approximate surface area is 170 Å². The predicted molar refractivity (Wildman–Crippen MR) is 102 cm³/mol. The maximum absolute atomic E-state index is 12.7. The molecule has 30 heavy (non-hydrogen) atoms. The highest BCUT2D eigenvalue weighted by atomic mass is 19.4. The number of nitrogens with zero attached hydrogens (tertiary/aromatic N) is 4. The van der Waals surface area contributed by atoms with Crippen LogP contribution in [-0.2, 0) is 12.7 Å². The molecule has 2 amide bonds. The van der Waals surface area contributed by atoms with Gasteiger partial charge in [-0.25, -0.2) is 4.68 Å². The highest BCUT2D eigenvalue weighted by molar-refractivity contribution is 5.95. The number of hydrogen-bond acceptors (Lipinski definition) is 4. The van der Waals surface area contributed by atoms with Crippen molar-refractivity contribution in [3.05, 3.63) is 63.6 Å². The molecule has 1 aromatic carbocycles. The van der Waals surface area contributed by atoms with Crippen LogP contribution in [-0.4, -0.2) is 57.6 Å². The van der Waals surface area contributed by atoms with Gasteiger partial charge < -0.3 is 9.80 Å². The lowest BCUT2D eigenvalue weighted by atomic mass is 10.1. The molecule has 0 unspecified atom stereocenters. The number of alkyl halides is 3. The Morgan fingerprint density at radius 3 is 2.03 bits per heavy atom. The Bertz CT molecular complexity index is 978. The first-order valence-corrected chi connectivity index (χ1v) is 9.54.